The number of hydrogen-bond donors (Lipinski definition) is 0. The second-order valence-electron chi connectivity index (χ2n) is 7.68. The molecule has 0 radical (unpaired) electrons. The molecular weight excluding hydrogens is 430 g/mol. The highest BCUT2D eigenvalue weighted by atomic mass is 35.5. The first-order valence-corrected chi connectivity index (χ1v) is 11.0. The van der Waals surface area contributed by atoms with E-state index in [1.165, 1.54) is 0 Å². The second kappa shape index (κ2) is 10.6. The molecule has 0 unspecified atom stereocenters. The van der Waals surface area contributed by atoms with Crippen LogP contribution in [0, 0.1) is 0 Å². The average molecular weight is 456 g/mol. The third kappa shape index (κ3) is 5.64. The fourth-order valence-electron chi connectivity index (χ4n) is 3.75. The molecule has 0 N–H and O–H groups in total. The average Bonchev–Trinajstić information content (AvgIpc) is 3.51. The van der Waals surface area contributed by atoms with Crippen LogP contribution >= 0.6 is 11.6 Å². The molecule has 4 rings (SSSR count). The number of ether oxygens (including phenoxy) is 3. The number of hydrogen-bond acceptors (Lipinski definition) is 5. The van der Waals surface area contributed by atoms with Crippen molar-refractivity contribution in [1.82, 2.24) is 4.90 Å². The lowest BCUT2D eigenvalue weighted by atomic mass is 10.1. The molecule has 0 aliphatic carbocycles. The third-order valence-corrected chi connectivity index (χ3v) is 5.59. The van der Waals surface area contributed by atoms with Crippen molar-refractivity contribution in [3.05, 3.63) is 82.8 Å². The van der Waals surface area contributed by atoms with Crippen LogP contribution < -0.4 is 9.47 Å². The van der Waals surface area contributed by atoms with E-state index in [4.69, 9.17) is 30.2 Å². The van der Waals surface area contributed by atoms with Gasteiger partial charge in [0, 0.05) is 30.3 Å². The van der Waals surface area contributed by atoms with Gasteiger partial charge in [-0.15, -0.1) is 0 Å². The number of nitrogens with zero attached hydrogens (tertiary/aromatic N) is 1. The number of carbonyl (C=O) groups excluding carboxylic acids is 1. The molecule has 2 aromatic carbocycles. The first kappa shape index (κ1) is 22.2. The molecule has 168 valence electrons. The van der Waals surface area contributed by atoms with Gasteiger partial charge in [0.25, 0.3) is 5.91 Å². The van der Waals surface area contributed by atoms with Gasteiger partial charge in [0.05, 0.1) is 19.5 Å². The summed E-state index contributed by atoms with van der Waals surface area (Å²) in [5.41, 5.74) is 1.48. The first-order valence-electron chi connectivity index (χ1n) is 10.6. The maximum absolute atomic E-state index is 13.3. The fraction of sp³-hybridized carbons (Fsp3) is 0.320. The summed E-state index contributed by atoms with van der Waals surface area (Å²) in [6.07, 6.45) is 3.60. The molecule has 1 aromatic heterocycles. The smallest absolute Gasteiger partial charge is 0.254 e. The summed E-state index contributed by atoms with van der Waals surface area (Å²) in [5.74, 6) is 1.84. The van der Waals surface area contributed by atoms with E-state index in [2.05, 4.69) is 0 Å². The van der Waals surface area contributed by atoms with Gasteiger partial charge in [-0.1, -0.05) is 23.7 Å². The maximum Gasteiger partial charge on any atom is 0.254 e. The van der Waals surface area contributed by atoms with Crippen LogP contribution in [0.1, 0.15) is 34.5 Å². The molecule has 1 aliphatic heterocycles. The summed E-state index contributed by atoms with van der Waals surface area (Å²) in [6.45, 7) is 1.94. The lowest BCUT2D eigenvalue weighted by Crippen LogP contribution is -2.37. The zero-order valence-corrected chi connectivity index (χ0v) is 18.7. The largest absolute Gasteiger partial charge is 0.493 e. The summed E-state index contributed by atoms with van der Waals surface area (Å²) < 4.78 is 22.5. The lowest BCUT2D eigenvalue weighted by molar-refractivity contribution is 0.0507. The Morgan fingerprint density at radius 1 is 1.16 bits per heavy atom. The van der Waals surface area contributed by atoms with Crippen LogP contribution in [0.4, 0.5) is 0 Å². The Kier molecular flexibility index (Phi) is 7.35. The summed E-state index contributed by atoms with van der Waals surface area (Å²) >= 11 is 6.12. The van der Waals surface area contributed by atoms with Gasteiger partial charge in [0.15, 0.2) is 11.5 Å². The van der Waals surface area contributed by atoms with Gasteiger partial charge in [-0.25, -0.2) is 0 Å². The number of benzene rings is 2. The van der Waals surface area contributed by atoms with Crippen molar-refractivity contribution in [3.63, 3.8) is 0 Å². The van der Waals surface area contributed by atoms with Gasteiger partial charge in [0.2, 0.25) is 0 Å². The number of methoxy groups -OCH3 is 1. The van der Waals surface area contributed by atoms with Crippen molar-refractivity contribution >= 4 is 17.5 Å². The van der Waals surface area contributed by atoms with Crippen LogP contribution in [-0.4, -0.2) is 37.2 Å². The van der Waals surface area contributed by atoms with Gasteiger partial charge in [-0.3, -0.25) is 4.79 Å². The molecule has 1 amide bonds. The van der Waals surface area contributed by atoms with Gasteiger partial charge in [-0.2, -0.15) is 0 Å². The van der Waals surface area contributed by atoms with E-state index >= 15 is 0 Å². The van der Waals surface area contributed by atoms with Crippen LogP contribution in [0.2, 0.25) is 5.02 Å². The molecule has 1 fully saturated rings. The monoisotopic (exact) mass is 455 g/mol. The van der Waals surface area contributed by atoms with E-state index in [0.717, 1.165) is 25.0 Å². The minimum Gasteiger partial charge on any atom is -0.493 e. The lowest BCUT2D eigenvalue weighted by Gasteiger charge is -2.26. The third-order valence-electron chi connectivity index (χ3n) is 5.36. The molecule has 3 aromatic rings. The quantitative estimate of drug-likeness (QED) is 0.435. The van der Waals surface area contributed by atoms with Crippen LogP contribution in [0.25, 0.3) is 0 Å². The number of carbonyl (C=O) groups is 1. The van der Waals surface area contributed by atoms with Gasteiger partial charge in [-0.05, 0) is 60.9 Å². The SMILES string of the molecule is COc1ccc(CN(C[C@@H]2CCCO2)C(=O)c2cccc(Cl)c2)cc1OCc1ccco1. The minimum absolute atomic E-state index is 0.0334. The Balaban J connectivity index is 1.54. The first-order chi connectivity index (χ1) is 15.6. The molecular formula is C25H26ClNO5. The van der Waals surface area contributed by atoms with Crippen molar-refractivity contribution < 1.29 is 23.4 Å². The highest BCUT2D eigenvalue weighted by molar-refractivity contribution is 6.30. The number of furan rings is 1. The standard InChI is InChI=1S/C25H26ClNO5/c1-29-23-10-9-18(13-24(23)32-17-22-8-4-12-31-22)15-27(16-21-7-3-11-30-21)25(28)19-5-2-6-20(26)14-19/h2,4-6,8-10,12-14,21H,3,7,11,15-17H2,1H3/t21-/m0/s1. The summed E-state index contributed by atoms with van der Waals surface area (Å²) in [4.78, 5) is 15.1. The zero-order valence-electron chi connectivity index (χ0n) is 18.0. The summed E-state index contributed by atoms with van der Waals surface area (Å²) in [5, 5.41) is 0.533. The van der Waals surface area contributed by atoms with Crippen molar-refractivity contribution in [3.8, 4) is 11.5 Å². The van der Waals surface area contributed by atoms with E-state index in [-0.39, 0.29) is 18.6 Å². The van der Waals surface area contributed by atoms with Crippen molar-refractivity contribution in [1.29, 1.82) is 0 Å². The van der Waals surface area contributed by atoms with Crippen LogP contribution in [0.5, 0.6) is 11.5 Å². The molecule has 1 atom stereocenters. The van der Waals surface area contributed by atoms with Crippen LogP contribution in [0.3, 0.4) is 0 Å². The normalized spacial score (nSPS) is 15.5. The Bertz CT molecular complexity index is 1030. The highest BCUT2D eigenvalue weighted by Crippen LogP contribution is 2.30. The Labute approximate surface area is 192 Å². The van der Waals surface area contributed by atoms with Crippen molar-refractivity contribution in [2.45, 2.75) is 32.1 Å². The molecule has 0 bridgehead atoms. The van der Waals surface area contributed by atoms with E-state index in [1.807, 2.05) is 30.3 Å². The molecule has 32 heavy (non-hydrogen) atoms. The number of rotatable bonds is 9. The predicted octanol–water partition coefficient (Wildman–Crippen LogP) is 5.34. The van der Waals surface area contributed by atoms with E-state index in [1.54, 1.807) is 42.5 Å². The number of amides is 1. The molecule has 1 aliphatic rings. The van der Waals surface area contributed by atoms with Gasteiger partial charge in [0.1, 0.15) is 12.4 Å². The van der Waals surface area contributed by atoms with Crippen molar-refractivity contribution in [2.24, 2.45) is 0 Å². The topological polar surface area (TPSA) is 61.1 Å². The molecule has 2 heterocycles. The molecule has 0 saturated carbocycles. The van der Waals surface area contributed by atoms with E-state index in [9.17, 15) is 4.79 Å². The molecule has 0 spiro atoms. The summed E-state index contributed by atoms with van der Waals surface area (Å²) in [6, 6.07) is 16.4. The van der Waals surface area contributed by atoms with Gasteiger partial charge >= 0.3 is 0 Å². The predicted molar refractivity (Wildman–Crippen MR) is 121 cm³/mol. The second-order valence-corrected chi connectivity index (χ2v) is 8.12. The summed E-state index contributed by atoms with van der Waals surface area (Å²) in [7, 11) is 1.60. The van der Waals surface area contributed by atoms with Crippen LogP contribution in [-0.2, 0) is 17.9 Å². The van der Waals surface area contributed by atoms with Crippen molar-refractivity contribution in [2.75, 3.05) is 20.3 Å². The van der Waals surface area contributed by atoms with Gasteiger partial charge < -0.3 is 23.5 Å². The zero-order chi connectivity index (χ0) is 22.3. The maximum atomic E-state index is 13.3. The molecule has 7 heteroatoms. The Morgan fingerprint density at radius 2 is 2.06 bits per heavy atom. The Morgan fingerprint density at radius 3 is 2.78 bits per heavy atom. The molecule has 1 saturated heterocycles. The van der Waals surface area contributed by atoms with Crippen LogP contribution in [0.15, 0.2) is 65.3 Å². The molecule has 6 nitrogen and oxygen atoms in total. The van der Waals surface area contributed by atoms with E-state index < -0.39 is 0 Å². The Hall–Kier alpha value is -2.96. The van der Waals surface area contributed by atoms with E-state index in [0.29, 0.717) is 40.9 Å². The fourth-order valence-corrected chi connectivity index (χ4v) is 3.94. The minimum atomic E-state index is -0.0862. The highest BCUT2D eigenvalue weighted by Gasteiger charge is 2.24. The number of halogens is 1.